The summed E-state index contributed by atoms with van der Waals surface area (Å²) in [5.41, 5.74) is 4.80. The average Bonchev–Trinajstić information content (AvgIpc) is 2.58. The van der Waals surface area contributed by atoms with Gasteiger partial charge in [0.2, 0.25) is 5.60 Å². The number of rotatable bonds is 2. The maximum Gasteiger partial charge on any atom is 0.348 e. The van der Waals surface area contributed by atoms with Crippen LogP contribution in [0.4, 0.5) is 10.1 Å². The number of ether oxygens (including phenoxy) is 1. The molecule has 86 valence electrons. The fourth-order valence-electron chi connectivity index (χ4n) is 1.87. The zero-order valence-corrected chi connectivity index (χ0v) is 8.79. The second-order valence-corrected chi connectivity index (χ2v) is 3.91. The summed E-state index contributed by atoms with van der Waals surface area (Å²) in [6, 6.07) is 2.58. The van der Waals surface area contributed by atoms with Crippen molar-refractivity contribution in [2.24, 2.45) is 0 Å². The molecular formula is C11H12FNO3. The Balaban J connectivity index is 2.44. The Morgan fingerprint density at radius 1 is 1.69 bits per heavy atom. The molecule has 3 N–H and O–H groups in total. The van der Waals surface area contributed by atoms with Gasteiger partial charge < -0.3 is 15.6 Å². The molecule has 1 aliphatic heterocycles. The highest BCUT2D eigenvalue weighted by Crippen LogP contribution is 2.39. The first-order valence-electron chi connectivity index (χ1n) is 4.99. The second kappa shape index (κ2) is 3.37. The minimum Gasteiger partial charge on any atom is -0.478 e. The fraction of sp³-hybridized carbons (Fsp3) is 0.364. The number of nitrogen functional groups attached to an aromatic ring is 1. The largest absolute Gasteiger partial charge is 0.478 e. The molecule has 4 nitrogen and oxygen atoms in total. The summed E-state index contributed by atoms with van der Waals surface area (Å²) in [6.07, 6.45) is 0.539. The van der Waals surface area contributed by atoms with Gasteiger partial charge in [-0.05, 0) is 12.5 Å². The fourth-order valence-corrected chi connectivity index (χ4v) is 1.87. The normalized spacial score (nSPS) is 22.6. The third-order valence-electron chi connectivity index (χ3n) is 2.92. The summed E-state index contributed by atoms with van der Waals surface area (Å²) < 4.78 is 18.5. The van der Waals surface area contributed by atoms with Crippen LogP contribution in [-0.2, 0) is 11.2 Å². The van der Waals surface area contributed by atoms with Crippen LogP contribution >= 0.6 is 0 Å². The van der Waals surface area contributed by atoms with E-state index < -0.39 is 17.4 Å². The number of nitrogens with two attached hydrogens (primary N) is 1. The van der Waals surface area contributed by atoms with Gasteiger partial charge in [0, 0.05) is 18.1 Å². The number of halogens is 1. The number of hydrogen-bond acceptors (Lipinski definition) is 3. The lowest BCUT2D eigenvalue weighted by Gasteiger charge is -2.21. The number of benzene rings is 1. The maximum absolute atomic E-state index is 13.2. The molecule has 1 heterocycles. The quantitative estimate of drug-likeness (QED) is 0.749. The van der Waals surface area contributed by atoms with E-state index in [9.17, 15) is 9.18 Å². The zero-order valence-electron chi connectivity index (χ0n) is 8.79. The van der Waals surface area contributed by atoms with Crippen molar-refractivity contribution in [3.05, 3.63) is 23.5 Å². The SMILES string of the molecule is CCC1(C(=O)O)Cc2cc(N)c(F)cc2O1. The molecule has 0 aliphatic carbocycles. The zero-order chi connectivity index (χ0) is 11.9. The number of fused-ring (bicyclic) bond motifs is 1. The molecule has 1 aromatic carbocycles. The molecule has 1 atom stereocenters. The lowest BCUT2D eigenvalue weighted by molar-refractivity contribution is -0.154. The molecule has 0 radical (unpaired) electrons. The standard InChI is InChI=1S/C11H12FNO3/c1-2-11(10(14)15)5-6-3-8(13)7(12)4-9(6)16-11/h3-4H,2,5,13H2,1H3,(H,14,15). The van der Waals surface area contributed by atoms with Gasteiger partial charge in [0.1, 0.15) is 11.6 Å². The average molecular weight is 225 g/mol. The molecule has 0 amide bonds. The van der Waals surface area contributed by atoms with Crippen molar-refractivity contribution < 1.29 is 19.0 Å². The first-order valence-corrected chi connectivity index (χ1v) is 4.99. The van der Waals surface area contributed by atoms with Crippen molar-refractivity contribution in [2.45, 2.75) is 25.4 Å². The van der Waals surface area contributed by atoms with E-state index in [-0.39, 0.29) is 17.9 Å². The van der Waals surface area contributed by atoms with Crippen LogP contribution in [0.3, 0.4) is 0 Å². The topological polar surface area (TPSA) is 72.5 Å². The van der Waals surface area contributed by atoms with E-state index in [1.807, 2.05) is 0 Å². The van der Waals surface area contributed by atoms with E-state index in [4.69, 9.17) is 15.6 Å². The van der Waals surface area contributed by atoms with Crippen LogP contribution in [0.2, 0.25) is 0 Å². The maximum atomic E-state index is 13.2. The molecule has 0 fully saturated rings. The number of carbonyl (C=O) groups is 1. The van der Waals surface area contributed by atoms with Crippen LogP contribution < -0.4 is 10.5 Å². The van der Waals surface area contributed by atoms with E-state index in [2.05, 4.69) is 0 Å². The summed E-state index contributed by atoms with van der Waals surface area (Å²) in [5, 5.41) is 9.12. The molecule has 16 heavy (non-hydrogen) atoms. The molecule has 1 aromatic rings. The summed E-state index contributed by atoms with van der Waals surface area (Å²) in [6.45, 7) is 1.72. The lowest BCUT2D eigenvalue weighted by atomic mass is 9.94. The highest BCUT2D eigenvalue weighted by molar-refractivity contribution is 5.80. The van der Waals surface area contributed by atoms with Crippen molar-refractivity contribution in [3.8, 4) is 5.75 Å². The Morgan fingerprint density at radius 2 is 2.38 bits per heavy atom. The molecule has 0 spiro atoms. The highest BCUT2D eigenvalue weighted by Gasteiger charge is 2.45. The third kappa shape index (κ3) is 1.39. The number of hydrogen-bond donors (Lipinski definition) is 2. The summed E-state index contributed by atoms with van der Waals surface area (Å²) in [5.74, 6) is -1.35. The van der Waals surface area contributed by atoms with Gasteiger partial charge >= 0.3 is 5.97 Å². The predicted octanol–water partition coefficient (Wildman–Crippen LogP) is 1.58. The Hall–Kier alpha value is -1.78. The van der Waals surface area contributed by atoms with Crippen LogP contribution in [0.15, 0.2) is 12.1 Å². The minimum absolute atomic E-state index is 0.0136. The first-order chi connectivity index (χ1) is 7.48. The smallest absolute Gasteiger partial charge is 0.348 e. The molecular weight excluding hydrogens is 213 g/mol. The van der Waals surface area contributed by atoms with Crippen LogP contribution in [0.25, 0.3) is 0 Å². The van der Waals surface area contributed by atoms with Gasteiger partial charge in [-0.25, -0.2) is 9.18 Å². The van der Waals surface area contributed by atoms with Gasteiger partial charge in [-0.15, -0.1) is 0 Å². The molecule has 1 aliphatic rings. The van der Waals surface area contributed by atoms with Gasteiger partial charge in [0.05, 0.1) is 5.69 Å². The Bertz CT molecular complexity index is 428. The van der Waals surface area contributed by atoms with Gasteiger partial charge in [-0.1, -0.05) is 6.92 Å². The molecule has 5 heteroatoms. The van der Waals surface area contributed by atoms with E-state index >= 15 is 0 Å². The van der Waals surface area contributed by atoms with Crippen molar-refractivity contribution in [1.29, 1.82) is 0 Å². The number of anilines is 1. The number of carboxylic acid groups (broad SMARTS) is 1. The van der Waals surface area contributed by atoms with Crippen molar-refractivity contribution in [1.82, 2.24) is 0 Å². The summed E-state index contributed by atoms with van der Waals surface area (Å²) in [4.78, 5) is 11.1. The van der Waals surface area contributed by atoms with Gasteiger partial charge in [0.25, 0.3) is 0 Å². The first kappa shape index (κ1) is 10.7. The van der Waals surface area contributed by atoms with Gasteiger partial charge in [-0.2, -0.15) is 0 Å². The molecule has 0 saturated carbocycles. The molecule has 0 bridgehead atoms. The molecule has 0 aromatic heterocycles. The van der Waals surface area contributed by atoms with Crippen molar-refractivity contribution in [2.75, 3.05) is 5.73 Å². The summed E-state index contributed by atoms with van der Waals surface area (Å²) >= 11 is 0. The van der Waals surface area contributed by atoms with Crippen LogP contribution in [0.1, 0.15) is 18.9 Å². The molecule has 0 saturated heterocycles. The highest BCUT2D eigenvalue weighted by atomic mass is 19.1. The Labute approximate surface area is 91.8 Å². The Kier molecular flexibility index (Phi) is 2.26. The predicted molar refractivity (Wildman–Crippen MR) is 55.8 cm³/mol. The van der Waals surface area contributed by atoms with Crippen LogP contribution in [0.5, 0.6) is 5.75 Å². The van der Waals surface area contributed by atoms with E-state index in [1.54, 1.807) is 6.92 Å². The molecule has 2 rings (SSSR count). The second-order valence-electron chi connectivity index (χ2n) is 3.91. The monoisotopic (exact) mass is 225 g/mol. The van der Waals surface area contributed by atoms with E-state index in [0.717, 1.165) is 6.07 Å². The van der Waals surface area contributed by atoms with Crippen LogP contribution in [-0.4, -0.2) is 16.7 Å². The lowest BCUT2D eigenvalue weighted by Crippen LogP contribution is -2.42. The van der Waals surface area contributed by atoms with Gasteiger partial charge in [0.15, 0.2) is 0 Å². The third-order valence-corrected chi connectivity index (χ3v) is 2.92. The molecule has 1 unspecified atom stereocenters. The van der Waals surface area contributed by atoms with Gasteiger partial charge in [-0.3, -0.25) is 0 Å². The van der Waals surface area contributed by atoms with Crippen molar-refractivity contribution in [3.63, 3.8) is 0 Å². The Morgan fingerprint density at radius 3 is 2.94 bits per heavy atom. The number of carboxylic acids is 1. The minimum atomic E-state index is -1.28. The summed E-state index contributed by atoms with van der Waals surface area (Å²) in [7, 11) is 0. The van der Waals surface area contributed by atoms with Crippen molar-refractivity contribution >= 4 is 11.7 Å². The van der Waals surface area contributed by atoms with E-state index in [0.29, 0.717) is 12.0 Å². The van der Waals surface area contributed by atoms with Crippen LogP contribution in [0, 0.1) is 5.82 Å². The van der Waals surface area contributed by atoms with E-state index in [1.165, 1.54) is 6.07 Å². The number of aliphatic carboxylic acids is 1.